The molecule has 0 bridgehead atoms. The largest absolute Gasteiger partial charge is 0.462 e. The third kappa shape index (κ3) is 18.8. The molecule has 2 aliphatic heterocycles. The van der Waals surface area contributed by atoms with Gasteiger partial charge in [0.15, 0.2) is 0 Å². The second-order valence-corrected chi connectivity index (χ2v) is 29.3. The number of carbonyl (C=O) groups excluding carboxylic acids is 7. The number of carbonyl (C=O) groups is 7. The highest BCUT2D eigenvalue weighted by Gasteiger charge is 2.61. The van der Waals surface area contributed by atoms with Crippen LogP contribution >= 0.6 is 23.2 Å². The van der Waals surface area contributed by atoms with Crippen molar-refractivity contribution in [1.82, 2.24) is 25.3 Å². The average molecular weight is 1370 g/mol. The Kier molecular flexibility index (Phi) is 25.6. The minimum atomic E-state index is -5.14. The quantitative estimate of drug-likeness (QED) is 0.0461. The Morgan fingerprint density at radius 3 is 2.05 bits per heavy atom. The highest BCUT2D eigenvalue weighted by Crippen LogP contribution is 2.68. The lowest BCUT2D eigenvalue weighted by molar-refractivity contribution is -0.163. The van der Waals surface area contributed by atoms with Crippen LogP contribution in [0.5, 0.6) is 0 Å². The summed E-state index contributed by atoms with van der Waals surface area (Å²) in [5.41, 5.74) is 3.12. The summed E-state index contributed by atoms with van der Waals surface area (Å²) in [4.78, 5) is 97.6. The Labute approximate surface area is 559 Å². The fraction of sp³-hybridized carbons (Fsp3) is 0.725. The highest BCUT2D eigenvalue weighted by atomic mass is 35.5. The molecule has 25 heteroatoms. The fourth-order valence-electron chi connectivity index (χ4n) is 16.9. The lowest BCUT2D eigenvalue weighted by Crippen LogP contribution is -2.60. The van der Waals surface area contributed by atoms with Crippen LogP contribution in [0.3, 0.4) is 0 Å². The van der Waals surface area contributed by atoms with E-state index in [-0.39, 0.29) is 143 Å². The van der Waals surface area contributed by atoms with E-state index in [1.165, 1.54) is 62.3 Å². The standard InChI is InChI=1S/C69H97Cl2F6N7O10/c1-42(2)8-7-9-43(3)53-13-14-54-52-12-11-46-39-51(18-23-66(46,4)55(52)19-24-67(53,54)5)94-62(88)40-58(63(78)89)80-60(86)22-30-92-32-33-93-31-25-79-59(85)16-17-61(87)82-26-20-45(21-27-82)64(90)83-28-29-84(50(41-83)34-44-10-15-56(70)57(71)35-44)65(91)81(6)49-37-47(68(72,73)74)36-48(38-49)69(75,76)77/h10,15,35-38,42-43,45-46,50-55,58H,7-9,11-14,16-34,39-41H2,1-6H3,(H2,78,89)(H,79,85)(H,80,86)/t43-,46+,50-,51+,52+,53-,54+,55+,58+,66+,67-/m1/s1. The van der Waals surface area contributed by atoms with Crippen LogP contribution in [0.4, 0.5) is 36.8 Å². The molecule has 2 aromatic rings. The number of hydrogen-bond donors (Lipinski definition) is 3. The van der Waals surface area contributed by atoms with Gasteiger partial charge in [-0.1, -0.05) is 83.1 Å². The number of urea groups is 1. The molecule has 0 unspecified atom stereocenters. The van der Waals surface area contributed by atoms with Gasteiger partial charge in [-0.2, -0.15) is 26.3 Å². The number of benzene rings is 2. The van der Waals surface area contributed by atoms with Crippen molar-refractivity contribution in [2.45, 2.75) is 187 Å². The molecule has 4 N–H and O–H groups in total. The molecule has 94 heavy (non-hydrogen) atoms. The maximum Gasteiger partial charge on any atom is 0.416 e. The number of halogens is 8. The van der Waals surface area contributed by atoms with Crippen LogP contribution in [-0.4, -0.2) is 147 Å². The van der Waals surface area contributed by atoms with Gasteiger partial charge in [-0.15, -0.1) is 0 Å². The van der Waals surface area contributed by atoms with Crippen LogP contribution in [-0.2, 0) is 61.8 Å². The second-order valence-electron chi connectivity index (χ2n) is 28.5. The van der Waals surface area contributed by atoms with E-state index in [0.717, 1.165) is 67.2 Å². The predicted molar refractivity (Wildman–Crippen MR) is 344 cm³/mol. The van der Waals surface area contributed by atoms with Crippen molar-refractivity contribution in [3.05, 3.63) is 63.1 Å². The van der Waals surface area contributed by atoms with Gasteiger partial charge >= 0.3 is 24.4 Å². The van der Waals surface area contributed by atoms with Crippen molar-refractivity contribution in [3.8, 4) is 0 Å². The van der Waals surface area contributed by atoms with Crippen LogP contribution in [0.1, 0.15) is 167 Å². The molecule has 0 spiro atoms. The number of nitrogens with zero attached hydrogens (tertiary/aromatic N) is 4. The molecule has 7 amide bonds. The zero-order valence-corrected chi connectivity index (χ0v) is 56.8. The van der Waals surface area contributed by atoms with Gasteiger partial charge in [0.2, 0.25) is 29.5 Å². The van der Waals surface area contributed by atoms with Gasteiger partial charge in [-0.05, 0) is 165 Å². The van der Waals surface area contributed by atoms with Crippen LogP contribution in [0.15, 0.2) is 36.4 Å². The molecule has 6 fully saturated rings. The molecule has 8 rings (SSSR count). The van der Waals surface area contributed by atoms with E-state index in [1.54, 1.807) is 21.9 Å². The van der Waals surface area contributed by atoms with Crippen LogP contribution in [0.2, 0.25) is 10.0 Å². The van der Waals surface area contributed by atoms with Gasteiger partial charge in [-0.3, -0.25) is 33.7 Å². The first kappa shape index (κ1) is 74.4. The van der Waals surface area contributed by atoms with E-state index in [1.807, 2.05) is 0 Å². The van der Waals surface area contributed by atoms with Crippen molar-refractivity contribution in [2.75, 3.05) is 77.6 Å². The van der Waals surface area contributed by atoms with Crippen molar-refractivity contribution in [3.63, 3.8) is 0 Å². The van der Waals surface area contributed by atoms with E-state index in [2.05, 4.69) is 45.3 Å². The number of fused-ring (bicyclic) bond motifs is 5. The zero-order valence-electron chi connectivity index (χ0n) is 55.3. The summed E-state index contributed by atoms with van der Waals surface area (Å²) in [5.74, 6) is 1.81. The second kappa shape index (κ2) is 32.3. The van der Waals surface area contributed by atoms with Gasteiger partial charge in [0.25, 0.3) is 0 Å². The smallest absolute Gasteiger partial charge is 0.416 e. The van der Waals surface area contributed by atoms with E-state index in [9.17, 15) is 59.9 Å². The van der Waals surface area contributed by atoms with E-state index >= 15 is 0 Å². The fourth-order valence-corrected chi connectivity index (χ4v) is 17.3. The summed E-state index contributed by atoms with van der Waals surface area (Å²) >= 11 is 12.4. The molecule has 17 nitrogen and oxygen atoms in total. The molecular formula is C69H97Cl2F6N7O10. The van der Waals surface area contributed by atoms with E-state index in [4.69, 9.17) is 43.1 Å². The summed E-state index contributed by atoms with van der Waals surface area (Å²) in [6.07, 6.45) is 3.93. The number of ether oxygens (including phenoxy) is 3. The Balaban J connectivity index is 0.678. The molecule has 0 aromatic heterocycles. The van der Waals surface area contributed by atoms with Crippen molar-refractivity contribution in [1.29, 1.82) is 0 Å². The third-order valence-electron chi connectivity index (χ3n) is 22.1. The molecule has 2 aromatic carbocycles. The number of hydrogen-bond acceptors (Lipinski definition) is 10. The van der Waals surface area contributed by atoms with Crippen molar-refractivity contribution < 1.29 is 74.1 Å². The highest BCUT2D eigenvalue weighted by molar-refractivity contribution is 6.42. The lowest BCUT2D eigenvalue weighted by atomic mass is 9.44. The first-order valence-corrected chi connectivity index (χ1v) is 34.7. The van der Waals surface area contributed by atoms with Gasteiger partial charge in [0.1, 0.15) is 12.1 Å². The summed E-state index contributed by atoms with van der Waals surface area (Å²) in [6.45, 7) is 13.3. The van der Waals surface area contributed by atoms with E-state index < -0.39 is 71.0 Å². The summed E-state index contributed by atoms with van der Waals surface area (Å²) in [5, 5.41) is 5.74. The number of rotatable bonds is 26. The Bertz CT molecular complexity index is 2960. The zero-order chi connectivity index (χ0) is 68.5. The Hall–Kier alpha value is -5.39. The van der Waals surface area contributed by atoms with Crippen molar-refractivity contribution >= 4 is 70.4 Å². The molecule has 2 heterocycles. The first-order valence-electron chi connectivity index (χ1n) is 33.9. The van der Waals surface area contributed by atoms with Gasteiger partial charge in [-0.25, -0.2) is 4.79 Å². The number of nitrogens with two attached hydrogens (primary N) is 1. The number of piperidine rings is 1. The third-order valence-corrected chi connectivity index (χ3v) is 22.8. The molecule has 524 valence electrons. The lowest BCUT2D eigenvalue weighted by Gasteiger charge is -2.61. The number of nitrogens with one attached hydrogen (secondary N) is 2. The molecule has 0 radical (unpaired) electrons. The average Bonchev–Trinajstić information content (AvgIpc) is 1.35. The Morgan fingerprint density at radius 1 is 0.723 bits per heavy atom. The molecule has 4 aliphatic carbocycles. The van der Waals surface area contributed by atoms with Crippen LogP contribution in [0, 0.1) is 58.2 Å². The number of likely N-dealkylation sites (tertiary alicyclic amines) is 1. The summed E-state index contributed by atoms with van der Waals surface area (Å²) in [7, 11) is 1.08. The molecule has 6 aliphatic rings. The van der Waals surface area contributed by atoms with Gasteiger partial charge < -0.3 is 45.3 Å². The SMILES string of the molecule is CC(C)CCC[C@@H](C)[C@H]1CC[C@H]2[C@@H]3CC[C@H]4C[C@@H](OC(=O)C[C@H](NC(=O)CCOCCOCCNC(=O)CCC(=O)N5CCC(C(=O)N6CCN(C(=O)N(C)c7cc(C(F)(F)F)cc(C(F)(F)F)c7)[C@H](Cc7ccc(Cl)c(Cl)c7)C6)CC5)C(N)=O)CC[C@]4(C)[C@H]3CC[C@]12C. The van der Waals surface area contributed by atoms with E-state index in [0.29, 0.717) is 47.8 Å². The Morgan fingerprint density at radius 2 is 1.39 bits per heavy atom. The number of primary amides is 1. The number of alkyl halides is 6. The summed E-state index contributed by atoms with van der Waals surface area (Å²) < 4.78 is 99.7. The normalized spacial score (nSPS) is 26.4. The molecule has 2 saturated heterocycles. The maximum absolute atomic E-state index is 14.1. The maximum atomic E-state index is 14.1. The minimum absolute atomic E-state index is 0.0107. The van der Waals surface area contributed by atoms with Crippen molar-refractivity contribution in [2.24, 2.45) is 63.9 Å². The molecular weight excluding hydrogens is 1270 g/mol. The first-order chi connectivity index (χ1) is 44.4. The number of amides is 7. The number of anilines is 1. The topological polar surface area (TPSA) is 210 Å². The molecule has 4 saturated carbocycles. The predicted octanol–water partition coefficient (Wildman–Crippen LogP) is 12.3. The van der Waals surface area contributed by atoms with Crippen LogP contribution < -0.4 is 21.3 Å². The summed E-state index contributed by atoms with van der Waals surface area (Å²) in [6, 6.07) is 2.80. The van der Waals surface area contributed by atoms with Gasteiger partial charge in [0, 0.05) is 77.2 Å². The monoisotopic (exact) mass is 1370 g/mol. The number of piperazine rings is 1. The number of esters is 1. The molecule has 11 atom stereocenters. The van der Waals surface area contributed by atoms with Gasteiger partial charge in [0.05, 0.1) is 60.1 Å². The van der Waals surface area contributed by atoms with Crippen LogP contribution in [0.25, 0.3) is 0 Å². The minimum Gasteiger partial charge on any atom is -0.462 e.